The van der Waals surface area contributed by atoms with Crippen molar-refractivity contribution in [1.29, 1.82) is 0 Å². The summed E-state index contributed by atoms with van der Waals surface area (Å²) in [6, 6.07) is 0.351. The average molecular weight is 173 g/mol. The van der Waals surface area contributed by atoms with Crippen LogP contribution >= 0.6 is 0 Å². The molecule has 0 spiro atoms. The predicted molar refractivity (Wildman–Crippen MR) is 47.8 cm³/mol. The Balaban J connectivity index is 2.23. The van der Waals surface area contributed by atoms with Crippen LogP contribution in [0.5, 0.6) is 0 Å². The second-order valence-corrected chi connectivity index (χ2v) is 4.30. The maximum Gasteiger partial charge on any atom is 0.0813 e. The van der Waals surface area contributed by atoms with E-state index in [9.17, 15) is 0 Å². The van der Waals surface area contributed by atoms with E-state index in [4.69, 9.17) is 9.57 Å². The van der Waals surface area contributed by atoms with Gasteiger partial charge in [-0.2, -0.15) is 5.48 Å². The van der Waals surface area contributed by atoms with E-state index in [1.165, 1.54) is 0 Å². The van der Waals surface area contributed by atoms with Crippen molar-refractivity contribution in [3.8, 4) is 0 Å². The van der Waals surface area contributed by atoms with Gasteiger partial charge in [0.15, 0.2) is 0 Å². The molecule has 72 valence electrons. The minimum Gasteiger partial charge on any atom is -0.377 e. The molecule has 1 saturated heterocycles. The molecule has 0 aliphatic carbocycles. The van der Waals surface area contributed by atoms with Gasteiger partial charge in [0.2, 0.25) is 0 Å². The summed E-state index contributed by atoms with van der Waals surface area (Å²) in [4.78, 5) is 5.45. The molecule has 1 heterocycles. The molecule has 0 aromatic heterocycles. The van der Waals surface area contributed by atoms with Crippen molar-refractivity contribution in [3.63, 3.8) is 0 Å². The molecule has 0 saturated carbocycles. The lowest BCUT2D eigenvalue weighted by molar-refractivity contribution is -0.0952. The lowest BCUT2D eigenvalue weighted by atomic mass is 10.2. The Morgan fingerprint density at radius 2 is 2.08 bits per heavy atom. The molecule has 12 heavy (non-hydrogen) atoms. The van der Waals surface area contributed by atoms with Gasteiger partial charge in [0.25, 0.3) is 0 Å². The van der Waals surface area contributed by atoms with Crippen LogP contribution in [0.4, 0.5) is 0 Å². The van der Waals surface area contributed by atoms with Crippen LogP contribution in [0.3, 0.4) is 0 Å². The largest absolute Gasteiger partial charge is 0.377 e. The first kappa shape index (κ1) is 9.96. The summed E-state index contributed by atoms with van der Waals surface area (Å²) in [7, 11) is 0. The molecule has 0 bridgehead atoms. The third kappa shape index (κ3) is 3.09. The summed E-state index contributed by atoms with van der Waals surface area (Å²) in [6.45, 7) is 8.99. The highest BCUT2D eigenvalue weighted by molar-refractivity contribution is 4.76. The zero-order valence-corrected chi connectivity index (χ0v) is 8.39. The summed E-state index contributed by atoms with van der Waals surface area (Å²) in [5.74, 6) is 0. The summed E-state index contributed by atoms with van der Waals surface area (Å²) in [5.41, 5.74) is 2.92. The number of hydrogen-bond donors (Lipinski definition) is 1. The molecular weight excluding hydrogens is 154 g/mol. The van der Waals surface area contributed by atoms with Gasteiger partial charge in [-0.25, -0.2) is 0 Å². The molecule has 3 heteroatoms. The Morgan fingerprint density at radius 1 is 1.42 bits per heavy atom. The van der Waals surface area contributed by atoms with E-state index >= 15 is 0 Å². The Hall–Kier alpha value is -0.120. The van der Waals surface area contributed by atoms with Gasteiger partial charge in [0, 0.05) is 6.61 Å². The van der Waals surface area contributed by atoms with Gasteiger partial charge in [0.1, 0.15) is 0 Å². The first-order valence-corrected chi connectivity index (χ1v) is 4.54. The maximum absolute atomic E-state index is 5.45. The van der Waals surface area contributed by atoms with E-state index in [-0.39, 0.29) is 11.7 Å². The minimum absolute atomic E-state index is 0.123. The standard InChI is InChI=1S/C9H19NO2/c1-7-8(5-6-11-7)10-12-9(2,3)4/h7-8,10H,5-6H2,1-4H3. The number of rotatable bonds is 2. The van der Waals surface area contributed by atoms with Crippen LogP contribution < -0.4 is 5.48 Å². The highest BCUT2D eigenvalue weighted by Gasteiger charge is 2.25. The van der Waals surface area contributed by atoms with Crippen LogP contribution in [0.1, 0.15) is 34.1 Å². The average Bonchev–Trinajstić information content (AvgIpc) is 2.29. The molecule has 1 fully saturated rings. The van der Waals surface area contributed by atoms with Crippen molar-refractivity contribution in [1.82, 2.24) is 5.48 Å². The molecule has 1 aliphatic rings. The molecule has 2 atom stereocenters. The van der Waals surface area contributed by atoms with Gasteiger partial charge in [-0.05, 0) is 34.1 Å². The SMILES string of the molecule is CC1OCCC1NOC(C)(C)C. The smallest absolute Gasteiger partial charge is 0.0813 e. The van der Waals surface area contributed by atoms with Crippen LogP contribution in [0.2, 0.25) is 0 Å². The minimum atomic E-state index is -0.123. The first-order chi connectivity index (χ1) is 5.49. The monoisotopic (exact) mass is 173 g/mol. The molecule has 1 aliphatic heterocycles. The lowest BCUT2D eigenvalue weighted by Gasteiger charge is -2.23. The second-order valence-electron chi connectivity index (χ2n) is 4.30. The van der Waals surface area contributed by atoms with E-state index in [1.807, 2.05) is 20.8 Å². The lowest BCUT2D eigenvalue weighted by Crippen LogP contribution is -2.40. The van der Waals surface area contributed by atoms with E-state index in [1.54, 1.807) is 0 Å². The predicted octanol–water partition coefficient (Wildman–Crippen LogP) is 1.48. The fraction of sp³-hybridized carbons (Fsp3) is 1.00. The van der Waals surface area contributed by atoms with E-state index < -0.39 is 0 Å². The summed E-state index contributed by atoms with van der Waals surface area (Å²) in [5, 5.41) is 0. The van der Waals surface area contributed by atoms with E-state index in [0.717, 1.165) is 13.0 Å². The highest BCUT2D eigenvalue weighted by Crippen LogP contribution is 2.14. The summed E-state index contributed by atoms with van der Waals surface area (Å²) < 4.78 is 5.39. The molecule has 0 aromatic rings. The van der Waals surface area contributed by atoms with Crippen molar-refractivity contribution >= 4 is 0 Å². The molecule has 1 rings (SSSR count). The van der Waals surface area contributed by atoms with Crippen molar-refractivity contribution in [2.75, 3.05) is 6.61 Å². The molecule has 0 aromatic carbocycles. The number of ether oxygens (including phenoxy) is 1. The van der Waals surface area contributed by atoms with Crippen LogP contribution in [0.25, 0.3) is 0 Å². The van der Waals surface area contributed by atoms with Crippen molar-refractivity contribution in [3.05, 3.63) is 0 Å². The zero-order valence-electron chi connectivity index (χ0n) is 8.39. The second kappa shape index (κ2) is 3.73. The number of hydrogen-bond acceptors (Lipinski definition) is 3. The number of hydroxylamine groups is 1. The molecule has 2 unspecified atom stereocenters. The van der Waals surface area contributed by atoms with E-state index in [2.05, 4.69) is 12.4 Å². The Morgan fingerprint density at radius 3 is 2.50 bits per heavy atom. The van der Waals surface area contributed by atoms with Gasteiger partial charge in [-0.1, -0.05) is 0 Å². The fourth-order valence-electron chi connectivity index (χ4n) is 1.14. The van der Waals surface area contributed by atoms with Crippen molar-refractivity contribution < 1.29 is 9.57 Å². The van der Waals surface area contributed by atoms with Gasteiger partial charge in [-0.3, -0.25) is 4.84 Å². The highest BCUT2D eigenvalue weighted by atomic mass is 16.7. The maximum atomic E-state index is 5.45. The number of nitrogens with one attached hydrogen (secondary N) is 1. The van der Waals surface area contributed by atoms with Crippen molar-refractivity contribution in [2.45, 2.75) is 51.9 Å². The van der Waals surface area contributed by atoms with Crippen LogP contribution in [0, 0.1) is 0 Å². The Bertz CT molecular complexity index is 142. The third-order valence-corrected chi connectivity index (χ3v) is 1.89. The van der Waals surface area contributed by atoms with Crippen LogP contribution in [-0.4, -0.2) is 24.4 Å². The normalized spacial score (nSPS) is 31.0. The van der Waals surface area contributed by atoms with Crippen molar-refractivity contribution in [2.24, 2.45) is 0 Å². The summed E-state index contributed by atoms with van der Waals surface area (Å²) in [6.07, 6.45) is 1.31. The van der Waals surface area contributed by atoms with Crippen LogP contribution in [-0.2, 0) is 9.57 Å². The fourth-order valence-corrected chi connectivity index (χ4v) is 1.14. The zero-order chi connectivity index (χ0) is 9.19. The molecule has 3 nitrogen and oxygen atoms in total. The molecular formula is C9H19NO2. The Kier molecular flexibility index (Phi) is 3.09. The summed E-state index contributed by atoms with van der Waals surface area (Å²) >= 11 is 0. The van der Waals surface area contributed by atoms with Crippen LogP contribution in [0.15, 0.2) is 0 Å². The quantitative estimate of drug-likeness (QED) is 0.642. The van der Waals surface area contributed by atoms with E-state index in [0.29, 0.717) is 6.04 Å². The molecule has 0 radical (unpaired) electrons. The molecule has 0 amide bonds. The van der Waals surface area contributed by atoms with Gasteiger partial charge < -0.3 is 4.74 Å². The van der Waals surface area contributed by atoms with Gasteiger partial charge in [-0.15, -0.1) is 0 Å². The third-order valence-electron chi connectivity index (χ3n) is 1.89. The van der Waals surface area contributed by atoms with Gasteiger partial charge >= 0.3 is 0 Å². The Labute approximate surface area is 74.4 Å². The topological polar surface area (TPSA) is 30.5 Å². The molecule has 1 N–H and O–H groups in total. The first-order valence-electron chi connectivity index (χ1n) is 4.54. The van der Waals surface area contributed by atoms with Gasteiger partial charge in [0.05, 0.1) is 17.7 Å².